The highest BCUT2D eigenvalue weighted by atomic mass is 35.5. The first-order valence-electron chi connectivity index (χ1n) is 10.4. The minimum absolute atomic E-state index is 0.142. The number of anilines is 1. The van der Waals surface area contributed by atoms with Gasteiger partial charge in [-0.25, -0.2) is 9.18 Å². The van der Waals surface area contributed by atoms with Crippen molar-refractivity contribution < 1.29 is 18.7 Å². The zero-order valence-corrected chi connectivity index (χ0v) is 19.8. The van der Waals surface area contributed by atoms with Crippen molar-refractivity contribution in [2.24, 2.45) is 11.3 Å². The van der Waals surface area contributed by atoms with Crippen LogP contribution >= 0.6 is 22.9 Å². The van der Waals surface area contributed by atoms with Crippen molar-refractivity contribution in [2.75, 3.05) is 11.9 Å². The zero-order chi connectivity index (χ0) is 22.8. The van der Waals surface area contributed by atoms with Crippen LogP contribution in [0.15, 0.2) is 24.3 Å². The monoisotopic (exact) mass is 463 g/mol. The summed E-state index contributed by atoms with van der Waals surface area (Å²) in [5.74, 6) is -0.898. The summed E-state index contributed by atoms with van der Waals surface area (Å²) in [6, 6.07) is 4.34. The number of rotatable bonds is 5. The number of hydrogen-bond acceptors (Lipinski definition) is 4. The van der Waals surface area contributed by atoms with E-state index in [1.165, 1.54) is 35.6 Å². The van der Waals surface area contributed by atoms with Gasteiger partial charge in [0.15, 0.2) is 0 Å². The van der Waals surface area contributed by atoms with E-state index in [-0.39, 0.29) is 22.6 Å². The Morgan fingerprint density at radius 2 is 2.10 bits per heavy atom. The van der Waals surface area contributed by atoms with E-state index in [2.05, 4.69) is 26.1 Å². The van der Waals surface area contributed by atoms with Crippen LogP contribution in [0.25, 0.3) is 6.08 Å². The fourth-order valence-electron chi connectivity index (χ4n) is 3.81. The van der Waals surface area contributed by atoms with E-state index in [0.29, 0.717) is 16.5 Å². The molecule has 1 atom stereocenters. The average Bonchev–Trinajstić information content (AvgIpc) is 3.04. The highest BCUT2D eigenvalue weighted by Crippen LogP contribution is 2.44. The molecule has 1 aromatic heterocycles. The first-order chi connectivity index (χ1) is 14.6. The minimum atomic E-state index is -0.511. The van der Waals surface area contributed by atoms with Gasteiger partial charge < -0.3 is 10.1 Å². The van der Waals surface area contributed by atoms with Crippen LogP contribution in [0.4, 0.5) is 9.39 Å². The number of esters is 1. The summed E-state index contributed by atoms with van der Waals surface area (Å²) in [4.78, 5) is 26.4. The van der Waals surface area contributed by atoms with Gasteiger partial charge in [-0.05, 0) is 61.3 Å². The number of carbonyl (C=O) groups excluding carboxylic acids is 2. The second kappa shape index (κ2) is 9.53. The van der Waals surface area contributed by atoms with Crippen LogP contribution in [0.1, 0.15) is 60.5 Å². The Hall–Kier alpha value is -2.18. The third-order valence-electron chi connectivity index (χ3n) is 5.61. The summed E-state index contributed by atoms with van der Waals surface area (Å²) in [5, 5.41) is 3.49. The van der Waals surface area contributed by atoms with Crippen molar-refractivity contribution in [1.29, 1.82) is 0 Å². The highest BCUT2D eigenvalue weighted by molar-refractivity contribution is 7.17. The smallest absolute Gasteiger partial charge is 0.341 e. The van der Waals surface area contributed by atoms with Crippen molar-refractivity contribution in [2.45, 2.75) is 47.0 Å². The number of halogens is 2. The van der Waals surface area contributed by atoms with E-state index >= 15 is 0 Å². The maximum atomic E-state index is 13.9. The average molecular weight is 464 g/mol. The van der Waals surface area contributed by atoms with Gasteiger partial charge >= 0.3 is 5.97 Å². The predicted octanol–water partition coefficient (Wildman–Crippen LogP) is 6.52. The molecule has 3 rings (SSSR count). The molecule has 1 amide bonds. The molecule has 31 heavy (non-hydrogen) atoms. The van der Waals surface area contributed by atoms with Crippen LogP contribution in [0.2, 0.25) is 5.02 Å². The lowest BCUT2D eigenvalue weighted by Crippen LogP contribution is -2.26. The fraction of sp³-hybridized carbons (Fsp3) is 0.417. The van der Waals surface area contributed by atoms with Gasteiger partial charge in [-0.3, -0.25) is 4.79 Å². The minimum Gasteiger partial charge on any atom is -0.462 e. The molecule has 0 saturated carbocycles. The molecule has 0 fully saturated rings. The molecule has 1 N–H and O–H groups in total. The first kappa shape index (κ1) is 23.5. The van der Waals surface area contributed by atoms with E-state index in [1.54, 1.807) is 13.0 Å². The number of thiophene rings is 1. The molecule has 0 saturated heterocycles. The summed E-state index contributed by atoms with van der Waals surface area (Å²) in [5.41, 5.74) is 1.72. The van der Waals surface area contributed by atoms with E-state index in [1.807, 2.05) is 0 Å². The number of nitrogens with one attached hydrogen (secondary N) is 1. The SMILES string of the molecule is CCOC(=O)c1c(NC(=O)/C=C/c2c(F)cccc2Cl)sc2c1CCC(C(C)(C)C)C2. The Balaban J connectivity index is 1.88. The second-order valence-corrected chi connectivity index (χ2v) is 10.2. The molecular formula is C24H27ClFNO3S. The maximum absolute atomic E-state index is 13.9. The molecule has 0 radical (unpaired) electrons. The van der Waals surface area contributed by atoms with Crippen molar-refractivity contribution >= 4 is 45.9 Å². The van der Waals surface area contributed by atoms with E-state index in [4.69, 9.17) is 16.3 Å². The number of fused-ring (bicyclic) bond motifs is 1. The Bertz CT molecular complexity index is 1000. The van der Waals surface area contributed by atoms with Gasteiger partial charge in [0.2, 0.25) is 5.91 Å². The van der Waals surface area contributed by atoms with E-state index in [0.717, 1.165) is 29.7 Å². The molecular weight excluding hydrogens is 437 g/mol. The topological polar surface area (TPSA) is 55.4 Å². The molecule has 0 aliphatic heterocycles. The summed E-state index contributed by atoms with van der Waals surface area (Å²) in [6.07, 6.45) is 5.18. The molecule has 2 aromatic rings. The third kappa shape index (κ3) is 5.36. The molecule has 4 nitrogen and oxygen atoms in total. The van der Waals surface area contributed by atoms with Crippen molar-refractivity contribution in [3.8, 4) is 0 Å². The lowest BCUT2D eigenvalue weighted by Gasteiger charge is -2.33. The number of ether oxygens (including phenoxy) is 1. The van der Waals surface area contributed by atoms with Gasteiger partial charge in [0.05, 0.1) is 17.2 Å². The number of amides is 1. The molecule has 1 aliphatic rings. The predicted molar refractivity (Wildman–Crippen MR) is 124 cm³/mol. The molecule has 1 aliphatic carbocycles. The fourth-order valence-corrected chi connectivity index (χ4v) is 5.36. The molecule has 1 aromatic carbocycles. The van der Waals surface area contributed by atoms with Crippen LogP contribution in [-0.4, -0.2) is 18.5 Å². The van der Waals surface area contributed by atoms with Crippen LogP contribution in [0.3, 0.4) is 0 Å². The van der Waals surface area contributed by atoms with Gasteiger partial charge in [0.1, 0.15) is 10.8 Å². The van der Waals surface area contributed by atoms with Crippen molar-refractivity contribution in [3.05, 3.63) is 56.7 Å². The van der Waals surface area contributed by atoms with Crippen LogP contribution in [0.5, 0.6) is 0 Å². The van der Waals surface area contributed by atoms with E-state index in [9.17, 15) is 14.0 Å². The first-order valence-corrected chi connectivity index (χ1v) is 11.6. The largest absolute Gasteiger partial charge is 0.462 e. The standard InChI is InChI=1S/C24H27ClFNO3S/c1-5-30-23(29)21-16-10-9-14(24(2,3)4)13-19(16)31-22(21)27-20(28)12-11-15-17(25)7-6-8-18(15)26/h6-8,11-12,14H,5,9-10,13H2,1-4H3,(H,27,28)/b12-11+. The van der Waals surface area contributed by atoms with Crippen molar-refractivity contribution in [3.63, 3.8) is 0 Å². The number of carbonyl (C=O) groups is 2. The zero-order valence-electron chi connectivity index (χ0n) is 18.2. The quantitative estimate of drug-likeness (QED) is 0.405. The third-order valence-corrected chi connectivity index (χ3v) is 7.11. The maximum Gasteiger partial charge on any atom is 0.341 e. The molecule has 0 bridgehead atoms. The molecule has 1 unspecified atom stereocenters. The van der Waals surface area contributed by atoms with Crippen LogP contribution < -0.4 is 5.32 Å². The summed E-state index contributed by atoms with van der Waals surface area (Å²) < 4.78 is 19.2. The van der Waals surface area contributed by atoms with Crippen LogP contribution in [-0.2, 0) is 22.4 Å². The van der Waals surface area contributed by atoms with Gasteiger partial charge in [0, 0.05) is 16.5 Å². The molecule has 7 heteroatoms. The van der Waals surface area contributed by atoms with Gasteiger partial charge in [-0.2, -0.15) is 0 Å². The number of benzene rings is 1. The lowest BCUT2D eigenvalue weighted by molar-refractivity contribution is -0.111. The number of hydrogen-bond donors (Lipinski definition) is 1. The van der Waals surface area contributed by atoms with Crippen LogP contribution in [0, 0.1) is 17.2 Å². The second-order valence-electron chi connectivity index (χ2n) is 8.69. The molecule has 1 heterocycles. The highest BCUT2D eigenvalue weighted by Gasteiger charge is 2.34. The molecule has 166 valence electrons. The normalized spacial score (nSPS) is 16.3. The van der Waals surface area contributed by atoms with E-state index < -0.39 is 17.7 Å². The van der Waals surface area contributed by atoms with Gasteiger partial charge in [0.25, 0.3) is 0 Å². The summed E-state index contributed by atoms with van der Waals surface area (Å²) >= 11 is 7.44. The van der Waals surface area contributed by atoms with Gasteiger partial charge in [-0.1, -0.05) is 38.4 Å². The summed E-state index contributed by atoms with van der Waals surface area (Å²) in [7, 11) is 0. The Kier molecular flexibility index (Phi) is 7.22. The Labute approximate surface area is 191 Å². The summed E-state index contributed by atoms with van der Waals surface area (Å²) in [6.45, 7) is 8.69. The molecule has 0 spiro atoms. The Morgan fingerprint density at radius 3 is 2.74 bits per heavy atom. The Morgan fingerprint density at radius 1 is 1.35 bits per heavy atom. The van der Waals surface area contributed by atoms with Gasteiger partial charge in [-0.15, -0.1) is 11.3 Å². The van der Waals surface area contributed by atoms with Crippen molar-refractivity contribution in [1.82, 2.24) is 0 Å². The lowest BCUT2D eigenvalue weighted by atomic mass is 9.72.